The summed E-state index contributed by atoms with van der Waals surface area (Å²) in [5.41, 5.74) is 0.587. The van der Waals surface area contributed by atoms with Crippen molar-refractivity contribution in [1.82, 2.24) is 0 Å². The van der Waals surface area contributed by atoms with Crippen LogP contribution in [0.1, 0.15) is 19.8 Å². The smallest absolute Gasteiger partial charge is 0.385 e. The number of esters is 1. The minimum atomic E-state index is -0.733. The van der Waals surface area contributed by atoms with Crippen LogP contribution >= 0.6 is 0 Å². The van der Waals surface area contributed by atoms with E-state index in [0.29, 0.717) is 5.71 Å². The SMILES string of the molecule is CCOC(=O)C(=O)C(C1CC1)=[N+](C)C. The fraction of sp³-hybridized carbons (Fsp3) is 0.700. The second-order valence-electron chi connectivity index (χ2n) is 3.60. The number of carbonyl (C=O) groups excluding carboxylic acids is 2. The average molecular weight is 198 g/mol. The number of hydrogen-bond acceptors (Lipinski definition) is 3. The Bertz CT molecular complexity index is 286. The van der Waals surface area contributed by atoms with Gasteiger partial charge in [0.25, 0.3) is 0 Å². The number of rotatable bonds is 4. The van der Waals surface area contributed by atoms with Gasteiger partial charge in [-0.3, -0.25) is 4.79 Å². The lowest BCUT2D eigenvalue weighted by molar-refractivity contribution is -0.465. The lowest BCUT2D eigenvalue weighted by Gasteiger charge is -2.01. The molecule has 0 bridgehead atoms. The number of Topliss-reactive ketones (excluding diaryl/α,β-unsaturated/α-hetero) is 1. The topological polar surface area (TPSA) is 46.4 Å². The molecular formula is C10H16NO3+. The van der Waals surface area contributed by atoms with Gasteiger partial charge in [0.15, 0.2) is 0 Å². The summed E-state index contributed by atoms with van der Waals surface area (Å²) in [5, 5.41) is 0. The summed E-state index contributed by atoms with van der Waals surface area (Å²) in [6.07, 6.45) is 2.00. The van der Waals surface area contributed by atoms with E-state index in [0.717, 1.165) is 12.8 Å². The van der Waals surface area contributed by atoms with Gasteiger partial charge in [-0.15, -0.1) is 0 Å². The molecule has 0 spiro atoms. The molecule has 4 nitrogen and oxygen atoms in total. The summed E-state index contributed by atoms with van der Waals surface area (Å²) in [4.78, 5) is 22.8. The third kappa shape index (κ3) is 2.40. The quantitative estimate of drug-likeness (QED) is 0.281. The van der Waals surface area contributed by atoms with Gasteiger partial charge in [-0.1, -0.05) is 0 Å². The highest BCUT2D eigenvalue weighted by atomic mass is 16.5. The van der Waals surface area contributed by atoms with Crippen LogP contribution < -0.4 is 0 Å². The van der Waals surface area contributed by atoms with Crippen LogP contribution in [0, 0.1) is 5.92 Å². The summed E-state index contributed by atoms with van der Waals surface area (Å²) in [5.74, 6) is -0.954. The Morgan fingerprint density at radius 3 is 2.29 bits per heavy atom. The van der Waals surface area contributed by atoms with Gasteiger partial charge in [0, 0.05) is 5.92 Å². The van der Waals surface area contributed by atoms with Crippen LogP contribution in [0.15, 0.2) is 0 Å². The van der Waals surface area contributed by atoms with Crippen molar-refractivity contribution >= 4 is 17.5 Å². The van der Waals surface area contributed by atoms with Crippen molar-refractivity contribution in [3.63, 3.8) is 0 Å². The van der Waals surface area contributed by atoms with Crippen molar-refractivity contribution in [1.29, 1.82) is 0 Å². The van der Waals surface area contributed by atoms with E-state index in [2.05, 4.69) is 4.74 Å². The first-order valence-corrected chi connectivity index (χ1v) is 4.83. The maximum atomic E-state index is 11.6. The van der Waals surface area contributed by atoms with Gasteiger partial charge < -0.3 is 4.74 Å². The molecule has 78 valence electrons. The molecule has 1 aliphatic carbocycles. The molecule has 0 N–H and O–H groups in total. The first kappa shape index (κ1) is 10.9. The fourth-order valence-corrected chi connectivity index (χ4v) is 1.41. The van der Waals surface area contributed by atoms with E-state index in [9.17, 15) is 9.59 Å². The molecule has 0 aromatic carbocycles. The van der Waals surface area contributed by atoms with Crippen LogP contribution in [-0.4, -0.2) is 42.7 Å². The van der Waals surface area contributed by atoms with E-state index in [1.54, 1.807) is 25.6 Å². The van der Waals surface area contributed by atoms with Crippen LogP contribution in [-0.2, 0) is 14.3 Å². The molecule has 1 rings (SSSR count). The van der Waals surface area contributed by atoms with E-state index in [1.807, 2.05) is 0 Å². The van der Waals surface area contributed by atoms with Crippen molar-refractivity contribution < 1.29 is 18.9 Å². The maximum absolute atomic E-state index is 11.6. The Labute approximate surface area is 83.6 Å². The molecule has 0 unspecified atom stereocenters. The third-order valence-electron chi connectivity index (χ3n) is 2.14. The predicted molar refractivity (Wildman–Crippen MR) is 51.5 cm³/mol. The molecule has 0 aromatic rings. The van der Waals surface area contributed by atoms with E-state index in [1.165, 1.54) is 0 Å². The van der Waals surface area contributed by atoms with E-state index in [-0.39, 0.29) is 12.5 Å². The number of ketones is 1. The molecule has 1 aliphatic rings. The van der Waals surface area contributed by atoms with Crippen molar-refractivity contribution in [2.24, 2.45) is 5.92 Å². The molecule has 0 radical (unpaired) electrons. The van der Waals surface area contributed by atoms with Gasteiger partial charge in [0.2, 0.25) is 5.71 Å². The monoisotopic (exact) mass is 198 g/mol. The lowest BCUT2D eigenvalue weighted by Crippen LogP contribution is -2.33. The van der Waals surface area contributed by atoms with E-state index >= 15 is 0 Å². The molecule has 0 aromatic heterocycles. The van der Waals surface area contributed by atoms with Gasteiger partial charge in [0.1, 0.15) is 14.1 Å². The van der Waals surface area contributed by atoms with Crippen molar-refractivity contribution in [2.45, 2.75) is 19.8 Å². The van der Waals surface area contributed by atoms with Gasteiger partial charge in [-0.25, -0.2) is 9.37 Å². The number of ether oxygens (including phenoxy) is 1. The van der Waals surface area contributed by atoms with E-state index < -0.39 is 11.8 Å². The van der Waals surface area contributed by atoms with Crippen molar-refractivity contribution in [2.75, 3.05) is 20.7 Å². The fourth-order valence-electron chi connectivity index (χ4n) is 1.41. The molecule has 0 saturated heterocycles. The summed E-state index contributed by atoms with van der Waals surface area (Å²) in [7, 11) is 3.57. The molecule has 0 atom stereocenters. The zero-order valence-electron chi connectivity index (χ0n) is 8.87. The zero-order valence-corrected chi connectivity index (χ0v) is 8.87. The van der Waals surface area contributed by atoms with Crippen LogP contribution in [0.2, 0.25) is 0 Å². The van der Waals surface area contributed by atoms with Gasteiger partial charge in [-0.05, 0) is 19.8 Å². The maximum Gasteiger partial charge on any atom is 0.385 e. The minimum absolute atomic E-state index is 0.246. The van der Waals surface area contributed by atoms with Gasteiger partial charge in [0.05, 0.1) is 6.61 Å². The molecule has 1 fully saturated rings. The summed E-state index contributed by atoms with van der Waals surface area (Å²) >= 11 is 0. The van der Waals surface area contributed by atoms with Crippen LogP contribution in [0.25, 0.3) is 0 Å². The number of carbonyl (C=O) groups is 2. The summed E-state index contributed by atoms with van der Waals surface area (Å²) in [6, 6.07) is 0. The number of hydrogen-bond donors (Lipinski definition) is 0. The minimum Gasteiger partial charge on any atom is -0.460 e. The first-order chi connectivity index (χ1) is 6.57. The first-order valence-electron chi connectivity index (χ1n) is 4.83. The highest BCUT2D eigenvalue weighted by Crippen LogP contribution is 2.30. The second kappa shape index (κ2) is 4.35. The van der Waals surface area contributed by atoms with Gasteiger partial charge >= 0.3 is 11.8 Å². The molecule has 14 heavy (non-hydrogen) atoms. The highest BCUT2D eigenvalue weighted by Gasteiger charge is 2.41. The van der Waals surface area contributed by atoms with Gasteiger partial charge in [-0.2, -0.15) is 0 Å². The Morgan fingerprint density at radius 2 is 1.93 bits per heavy atom. The van der Waals surface area contributed by atoms with Crippen LogP contribution in [0.3, 0.4) is 0 Å². The third-order valence-corrected chi connectivity index (χ3v) is 2.14. The van der Waals surface area contributed by atoms with Crippen molar-refractivity contribution in [3.8, 4) is 0 Å². The predicted octanol–water partition coefficient (Wildman–Crippen LogP) is 0.242. The molecule has 0 heterocycles. The summed E-state index contributed by atoms with van der Waals surface area (Å²) < 4.78 is 6.40. The standard InChI is InChI=1S/C10H16NO3/c1-4-14-10(13)9(12)8(11(2)3)7-5-6-7/h7H,4-6H2,1-3H3/q+1. The number of nitrogens with zero attached hydrogens (tertiary/aromatic N) is 1. The molecular weight excluding hydrogens is 182 g/mol. The lowest BCUT2D eigenvalue weighted by atomic mass is 10.1. The van der Waals surface area contributed by atoms with Crippen LogP contribution in [0.5, 0.6) is 0 Å². The molecule has 1 saturated carbocycles. The molecule has 0 aliphatic heterocycles. The Morgan fingerprint density at radius 1 is 1.36 bits per heavy atom. The average Bonchev–Trinajstić information content (AvgIpc) is 2.88. The highest BCUT2D eigenvalue weighted by molar-refractivity contribution is 6.63. The largest absolute Gasteiger partial charge is 0.460 e. The second-order valence-corrected chi connectivity index (χ2v) is 3.60. The van der Waals surface area contributed by atoms with Crippen LogP contribution in [0.4, 0.5) is 0 Å². The Hall–Kier alpha value is -1.19. The summed E-state index contributed by atoms with van der Waals surface area (Å²) in [6.45, 7) is 1.94. The molecule has 0 amide bonds. The Kier molecular flexibility index (Phi) is 3.38. The zero-order chi connectivity index (χ0) is 10.7. The normalized spacial score (nSPS) is 14.8. The Balaban J connectivity index is 2.75. The van der Waals surface area contributed by atoms with Crippen molar-refractivity contribution in [3.05, 3.63) is 0 Å². The van der Waals surface area contributed by atoms with E-state index in [4.69, 9.17) is 0 Å². The molecule has 4 heteroatoms.